The Hall–Kier alpha value is -1.48. The summed E-state index contributed by atoms with van der Waals surface area (Å²) in [7, 11) is 2.34. The van der Waals surface area contributed by atoms with Crippen molar-refractivity contribution in [1.82, 2.24) is 14.1 Å². The van der Waals surface area contributed by atoms with Crippen LogP contribution in [0.1, 0.15) is 12.0 Å². The largest absolute Gasteiger partial charge is 0.315 e. The van der Waals surface area contributed by atoms with E-state index in [0.29, 0.717) is 18.0 Å². The minimum absolute atomic E-state index is 0.000821. The third-order valence-corrected chi connectivity index (χ3v) is 7.07. The van der Waals surface area contributed by atoms with Crippen LogP contribution in [0.25, 0.3) is 0 Å². The zero-order valence-corrected chi connectivity index (χ0v) is 16.6. The van der Waals surface area contributed by atoms with Crippen molar-refractivity contribution < 1.29 is 13.2 Å². The van der Waals surface area contributed by atoms with Gasteiger partial charge in [0, 0.05) is 38.9 Å². The fourth-order valence-electron chi connectivity index (χ4n) is 3.56. The van der Waals surface area contributed by atoms with Crippen molar-refractivity contribution in [2.45, 2.75) is 17.7 Å². The van der Waals surface area contributed by atoms with Crippen molar-refractivity contribution in [3.8, 4) is 0 Å². The summed E-state index contributed by atoms with van der Waals surface area (Å²) in [6, 6.07) is 5.02. The van der Waals surface area contributed by atoms with E-state index in [2.05, 4.69) is 23.9 Å². The second-order valence-corrected chi connectivity index (χ2v) is 9.26. The van der Waals surface area contributed by atoms with Crippen molar-refractivity contribution in [3.63, 3.8) is 0 Å². The standard InChI is InChI=1S/C18H28N4O3S/c1-19(2)7-4-8-21-9-11-22(12-10-21)26(24,25)16-5-6-17-15(13-16)14-18(23)20(17)3/h5-6,13H,4,7-12,14H2,1-3H3. The lowest BCUT2D eigenvalue weighted by Crippen LogP contribution is -2.48. The quantitative estimate of drug-likeness (QED) is 0.718. The fourth-order valence-corrected chi connectivity index (χ4v) is 5.03. The number of hydrogen-bond acceptors (Lipinski definition) is 5. The lowest BCUT2D eigenvalue weighted by Gasteiger charge is -2.34. The minimum atomic E-state index is -3.51. The first-order valence-corrected chi connectivity index (χ1v) is 10.5. The summed E-state index contributed by atoms with van der Waals surface area (Å²) >= 11 is 0. The SMILES string of the molecule is CN(C)CCCN1CCN(S(=O)(=O)c2ccc3c(c2)CC(=O)N3C)CC1. The molecule has 0 unspecified atom stereocenters. The molecule has 2 heterocycles. The molecule has 2 aliphatic rings. The number of sulfonamides is 1. The van der Waals surface area contributed by atoms with Gasteiger partial charge in [0.25, 0.3) is 0 Å². The molecular weight excluding hydrogens is 352 g/mol. The molecule has 3 rings (SSSR count). The Morgan fingerprint density at radius 1 is 1.12 bits per heavy atom. The van der Waals surface area contributed by atoms with E-state index in [1.165, 1.54) is 0 Å². The lowest BCUT2D eigenvalue weighted by molar-refractivity contribution is -0.117. The van der Waals surface area contributed by atoms with E-state index in [1.54, 1.807) is 34.5 Å². The number of benzene rings is 1. The van der Waals surface area contributed by atoms with E-state index in [4.69, 9.17) is 0 Å². The topological polar surface area (TPSA) is 64.2 Å². The molecule has 0 N–H and O–H groups in total. The molecule has 1 saturated heterocycles. The summed E-state index contributed by atoms with van der Waals surface area (Å²) in [5, 5.41) is 0. The Morgan fingerprint density at radius 3 is 2.46 bits per heavy atom. The van der Waals surface area contributed by atoms with Crippen LogP contribution in [0.15, 0.2) is 23.1 Å². The molecule has 7 nitrogen and oxygen atoms in total. The molecule has 26 heavy (non-hydrogen) atoms. The normalized spacial score (nSPS) is 19.4. The number of anilines is 1. The van der Waals surface area contributed by atoms with Gasteiger partial charge in [0.05, 0.1) is 11.3 Å². The third kappa shape index (κ3) is 3.93. The smallest absolute Gasteiger partial charge is 0.243 e. The van der Waals surface area contributed by atoms with Crippen molar-refractivity contribution in [1.29, 1.82) is 0 Å². The number of likely N-dealkylation sites (N-methyl/N-ethyl adjacent to an activating group) is 1. The third-order valence-electron chi connectivity index (χ3n) is 5.18. The number of carbonyl (C=O) groups is 1. The molecule has 1 fully saturated rings. The van der Waals surface area contributed by atoms with Gasteiger partial charge in [-0.2, -0.15) is 4.31 Å². The van der Waals surface area contributed by atoms with Crippen LogP contribution in [0.2, 0.25) is 0 Å². The van der Waals surface area contributed by atoms with Gasteiger partial charge < -0.3 is 14.7 Å². The molecule has 2 aliphatic heterocycles. The van der Waals surface area contributed by atoms with E-state index in [-0.39, 0.29) is 12.3 Å². The van der Waals surface area contributed by atoms with Gasteiger partial charge in [-0.1, -0.05) is 0 Å². The summed E-state index contributed by atoms with van der Waals surface area (Å²) in [5.41, 5.74) is 1.60. The molecule has 0 aromatic heterocycles. The van der Waals surface area contributed by atoms with Crippen molar-refractivity contribution in [2.24, 2.45) is 0 Å². The first-order chi connectivity index (χ1) is 12.3. The molecule has 1 amide bonds. The van der Waals surface area contributed by atoms with E-state index >= 15 is 0 Å². The van der Waals surface area contributed by atoms with Gasteiger partial charge in [-0.05, 0) is 57.4 Å². The molecule has 144 valence electrons. The summed E-state index contributed by atoms with van der Waals surface area (Å²) in [5.74, 6) is 0.000821. The maximum atomic E-state index is 13.0. The van der Waals surface area contributed by atoms with Crippen LogP contribution in [-0.4, -0.2) is 88.8 Å². The van der Waals surface area contributed by atoms with Crippen molar-refractivity contribution in [2.75, 3.05) is 65.3 Å². The van der Waals surface area contributed by atoms with Gasteiger partial charge in [0.1, 0.15) is 0 Å². The Morgan fingerprint density at radius 2 is 1.81 bits per heavy atom. The van der Waals surface area contributed by atoms with Crippen molar-refractivity contribution >= 4 is 21.6 Å². The lowest BCUT2D eigenvalue weighted by atomic mass is 10.2. The van der Waals surface area contributed by atoms with Crippen LogP contribution in [0, 0.1) is 0 Å². The number of fused-ring (bicyclic) bond motifs is 1. The number of amides is 1. The van der Waals surface area contributed by atoms with E-state index in [1.807, 2.05) is 0 Å². The second kappa shape index (κ2) is 7.64. The monoisotopic (exact) mass is 380 g/mol. The fraction of sp³-hybridized carbons (Fsp3) is 0.611. The first kappa shape index (κ1) is 19.3. The van der Waals surface area contributed by atoms with Gasteiger partial charge in [-0.25, -0.2) is 8.42 Å². The van der Waals surface area contributed by atoms with Gasteiger partial charge in [0.2, 0.25) is 15.9 Å². The van der Waals surface area contributed by atoms with E-state index in [9.17, 15) is 13.2 Å². The molecule has 0 atom stereocenters. The molecule has 8 heteroatoms. The zero-order chi connectivity index (χ0) is 18.9. The number of rotatable bonds is 6. The molecule has 1 aromatic rings. The highest BCUT2D eigenvalue weighted by Gasteiger charge is 2.31. The van der Waals surface area contributed by atoms with Gasteiger partial charge >= 0.3 is 0 Å². The van der Waals surface area contributed by atoms with Gasteiger partial charge in [-0.3, -0.25) is 4.79 Å². The Bertz CT molecular complexity index is 771. The predicted octanol–water partition coefficient (Wildman–Crippen LogP) is 0.464. The molecule has 0 saturated carbocycles. The van der Waals surface area contributed by atoms with E-state index < -0.39 is 10.0 Å². The highest BCUT2D eigenvalue weighted by atomic mass is 32.2. The molecule has 1 aromatic carbocycles. The molecular formula is C18H28N4O3S. The average Bonchev–Trinajstić information content (AvgIpc) is 2.89. The maximum Gasteiger partial charge on any atom is 0.243 e. The van der Waals surface area contributed by atoms with Crippen LogP contribution < -0.4 is 4.90 Å². The number of nitrogens with zero attached hydrogens (tertiary/aromatic N) is 4. The summed E-state index contributed by atoms with van der Waals surface area (Å²) < 4.78 is 27.5. The maximum absolute atomic E-state index is 13.0. The first-order valence-electron chi connectivity index (χ1n) is 9.06. The molecule has 0 radical (unpaired) electrons. The zero-order valence-electron chi connectivity index (χ0n) is 15.8. The number of hydrogen-bond donors (Lipinski definition) is 0. The highest BCUT2D eigenvalue weighted by Crippen LogP contribution is 2.30. The van der Waals surface area contributed by atoms with Crippen LogP contribution in [0.3, 0.4) is 0 Å². The van der Waals surface area contributed by atoms with Crippen LogP contribution in [0.5, 0.6) is 0 Å². The van der Waals surface area contributed by atoms with Gasteiger partial charge in [-0.15, -0.1) is 0 Å². The van der Waals surface area contributed by atoms with Crippen LogP contribution in [-0.2, 0) is 21.2 Å². The highest BCUT2D eigenvalue weighted by molar-refractivity contribution is 7.89. The molecule has 0 bridgehead atoms. The summed E-state index contributed by atoms with van der Waals surface area (Å²) in [6.45, 7) is 4.60. The van der Waals surface area contributed by atoms with Gasteiger partial charge in [0.15, 0.2) is 0 Å². The Labute approximate surface area is 156 Å². The van der Waals surface area contributed by atoms with E-state index in [0.717, 1.165) is 43.9 Å². The second-order valence-electron chi connectivity index (χ2n) is 7.32. The summed E-state index contributed by atoms with van der Waals surface area (Å²) in [6.07, 6.45) is 1.36. The number of piperazine rings is 1. The molecule has 0 spiro atoms. The summed E-state index contributed by atoms with van der Waals surface area (Å²) in [4.78, 5) is 18.2. The van der Waals surface area contributed by atoms with Crippen LogP contribution >= 0.6 is 0 Å². The number of carbonyl (C=O) groups excluding carboxylic acids is 1. The van der Waals surface area contributed by atoms with Crippen molar-refractivity contribution in [3.05, 3.63) is 23.8 Å². The molecule has 0 aliphatic carbocycles. The minimum Gasteiger partial charge on any atom is -0.315 e. The Kier molecular flexibility index (Phi) is 5.67. The van der Waals surface area contributed by atoms with Crippen LogP contribution in [0.4, 0.5) is 5.69 Å². The Balaban J connectivity index is 1.63. The average molecular weight is 381 g/mol. The predicted molar refractivity (Wildman–Crippen MR) is 102 cm³/mol.